The minimum absolute atomic E-state index is 0.0566. The Morgan fingerprint density at radius 2 is 1.47 bits per heavy atom. The standard InChI is InChI=1S/C13H9NO3/c15-7-1-3-9-10-4-2-8(16)6-12(10)14-13(17)11(9)5-7/h1-6,15-16H,(H,14,17). The number of pyridine rings is 1. The van der Waals surface area contributed by atoms with Crippen LogP contribution < -0.4 is 5.56 Å². The van der Waals surface area contributed by atoms with Gasteiger partial charge < -0.3 is 15.2 Å². The van der Waals surface area contributed by atoms with Crippen LogP contribution >= 0.6 is 0 Å². The molecule has 0 unspecified atom stereocenters. The fourth-order valence-electron chi connectivity index (χ4n) is 2.02. The third-order valence-electron chi connectivity index (χ3n) is 2.79. The Morgan fingerprint density at radius 3 is 2.24 bits per heavy atom. The van der Waals surface area contributed by atoms with Gasteiger partial charge in [-0.25, -0.2) is 0 Å². The molecular formula is C13H9NO3. The molecule has 0 aliphatic carbocycles. The van der Waals surface area contributed by atoms with Crippen molar-refractivity contribution in [2.24, 2.45) is 0 Å². The summed E-state index contributed by atoms with van der Waals surface area (Å²) in [6.07, 6.45) is 0. The van der Waals surface area contributed by atoms with Crippen LogP contribution in [0.5, 0.6) is 11.5 Å². The fraction of sp³-hybridized carbons (Fsp3) is 0. The monoisotopic (exact) mass is 227 g/mol. The molecule has 84 valence electrons. The van der Waals surface area contributed by atoms with Gasteiger partial charge in [0.2, 0.25) is 0 Å². The molecule has 4 heteroatoms. The summed E-state index contributed by atoms with van der Waals surface area (Å²) < 4.78 is 0. The van der Waals surface area contributed by atoms with E-state index in [-0.39, 0.29) is 17.1 Å². The first-order valence-electron chi connectivity index (χ1n) is 5.13. The van der Waals surface area contributed by atoms with Gasteiger partial charge in [-0.1, -0.05) is 0 Å². The molecule has 0 saturated carbocycles. The Morgan fingerprint density at radius 1 is 0.824 bits per heavy atom. The minimum atomic E-state index is -0.283. The van der Waals surface area contributed by atoms with Crippen molar-refractivity contribution in [3.8, 4) is 11.5 Å². The summed E-state index contributed by atoms with van der Waals surface area (Å²) in [6, 6.07) is 9.46. The zero-order chi connectivity index (χ0) is 12.0. The van der Waals surface area contributed by atoms with Crippen LogP contribution in [0.4, 0.5) is 0 Å². The lowest BCUT2D eigenvalue weighted by atomic mass is 10.1. The molecule has 0 radical (unpaired) electrons. The van der Waals surface area contributed by atoms with E-state index in [9.17, 15) is 15.0 Å². The molecule has 0 atom stereocenters. The lowest BCUT2D eigenvalue weighted by Gasteiger charge is -2.04. The van der Waals surface area contributed by atoms with Gasteiger partial charge in [-0.2, -0.15) is 0 Å². The molecule has 0 aliphatic heterocycles. The first-order valence-corrected chi connectivity index (χ1v) is 5.13. The highest BCUT2D eigenvalue weighted by molar-refractivity contribution is 6.05. The molecule has 3 aromatic rings. The molecule has 3 rings (SSSR count). The maximum absolute atomic E-state index is 11.8. The van der Waals surface area contributed by atoms with Crippen molar-refractivity contribution in [3.05, 3.63) is 46.8 Å². The van der Waals surface area contributed by atoms with Crippen LogP contribution in [-0.4, -0.2) is 15.2 Å². The molecule has 0 amide bonds. The number of aromatic nitrogens is 1. The molecule has 3 N–H and O–H groups in total. The zero-order valence-electron chi connectivity index (χ0n) is 8.77. The minimum Gasteiger partial charge on any atom is -0.508 e. The quantitative estimate of drug-likeness (QED) is 0.515. The Bertz CT molecular complexity index is 790. The Hall–Kier alpha value is -2.49. The van der Waals surface area contributed by atoms with E-state index >= 15 is 0 Å². The van der Waals surface area contributed by atoms with Crippen LogP contribution in [0, 0.1) is 0 Å². The molecule has 1 aromatic heterocycles. The maximum Gasteiger partial charge on any atom is 0.256 e. The van der Waals surface area contributed by atoms with Gasteiger partial charge >= 0.3 is 0 Å². The van der Waals surface area contributed by atoms with E-state index in [1.165, 1.54) is 18.2 Å². The predicted octanol–water partition coefficient (Wildman–Crippen LogP) is 2.09. The van der Waals surface area contributed by atoms with Gasteiger partial charge in [0.25, 0.3) is 5.56 Å². The lowest BCUT2D eigenvalue weighted by Crippen LogP contribution is -2.05. The summed E-state index contributed by atoms with van der Waals surface area (Å²) >= 11 is 0. The third-order valence-corrected chi connectivity index (χ3v) is 2.79. The van der Waals surface area contributed by atoms with Crippen LogP contribution in [0.25, 0.3) is 21.7 Å². The summed E-state index contributed by atoms with van der Waals surface area (Å²) in [6.45, 7) is 0. The number of benzene rings is 2. The highest BCUT2D eigenvalue weighted by Gasteiger charge is 2.06. The second kappa shape index (κ2) is 3.25. The molecular weight excluding hydrogens is 218 g/mol. The van der Waals surface area contributed by atoms with Gasteiger partial charge in [0.1, 0.15) is 11.5 Å². The summed E-state index contributed by atoms with van der Waals surface area (Å²) in [5, 5.41) is 20.8. The molecule has 0 saturated heterocycles. The van der Waals surface area contributed by atoms with Crippen molar-refractivity contribution in [1.82, 2.24) is 4.98 Å². The highest BCUT2D eigenvalue weighted by Crippen LogP contribution is 2.26. The van der Waals surface area contributed by atoms with Crippen LogP contribution in [0.3, 0.4) is 0 Å². The average Bonchev–Trinajstić information content (AvgIpc) is 2.29. The summed E-state index contributed by atoms with van der Waals surface area (Å²) in [4.78, 5) is 14.5. The topological polar surface area (TPSA) is 73.3 Å². The molecule has 0 bridgehead atoms. The first kappa shape index (κ1) is 9.72. The third kappa shape index (κ3) is 1.42. The number of phenolic OH excluding ortho intramolecular Hbond substituents is 2. The molecule has 4 nitrogen and oxygen atoms in total. The second-order valence-corrected chi connectivity index (χ2v) is 3.91. The number of H-pyrrole nitrogens is 1. The van der Waals surface area contributed by atoms with Crippen molar-refractivity contribution < 1.29 is 10.2 Å². The number of phenols is 2. The number of hydrogen-bond donors (Lipinski definition) is 3. The van der Waals surface area contributed by atoms with Crippen LogP contribution in [0.2, 0.25) is 0 Å². The maximum atomic E-state index is 11.8. The van der Waals surface area contributed by atoms with Crippen LogP contribution in [-0.2, 0) is 0 Å². The molecule has 17 heavy (non-hydrogen) atoms. The Kier molecular flexibility index (Phi) is 1.86. The number of fused-ring (bicyclic) bond motifs is 3. The van der Waals surface area contributed by atoms with Crippen LogP contribution in [0.15, 0.2) is 41.2 Å². The van der Waals surface area contributed by atoms with Gasteiger partial charge in [0.05, 0.1) is 10.9 Å². The smallest absolute Gasteiger partial charge is 0.256 e. The van der Waals surface area contributed by atoms with Gasteiger partial charge in [-0.3, -0.25) is 4.79 Å². The summed E-state index contributed by atoms with van der Waals surface area (Å²) in [5.74, 6) is 0.160. The molecule has 2 aromatic carbocycles. The average molecular weight is 227 g/mol. The molecule has 1 heterocycles. The van der Waals surface area contributed by atoms with Crippen LogP contribution in [0.1, 0.15) is 0 Å². The largest absolute Gasteiger partial charge is 0.508 e. The summed E-state index contributed by atoms with van der Waals surface area (Å²) in [5.41, 5.74) is 0.294. The van der Waals surface area contributed by atoms with Crippen molar-refractivity contribution >= 4 is 21.7 Å². The lowest BCUT2D eigenvalue weighted by molar-refractivity contribution is 0.475. The first-order chi connectivity index (χ1) is 8.15. The van der Waals surface area contributed by atoms with E-state index in [0.717, 1.165) is 10.8 Å². The predicted molar refractivity (Wildman–Crippen MR) is 65.4 cm³/mol. The second-order valence-electron chi connectivity index (χ2n) is 3.91. The van der Waals surface area contributed by atoms with Gasteiger partial charge in [-0.15, -0.1) is 0 Å². The fourth-order valence-corrected chi connectivity index (χ4v) is 2.02. The Balaban J connectivity index is 2.60. The highest BCUT2D eigenvalue weighted by atomic mass is 16.3. The van der Waals surface area contributed by atoms with Gasteiger partial charge in [0, 0.05) is 11.5 Å². The normalized spacial score (nSPS) is 11.1. The molecule has 0 spiro atoms. The van der Waals surface area contributed by atoms with Gasteiger partial charge in [0.15, 0.2) is 0 Å². The number of aromatic amines is 1. The van der Waals surface area contributed by atoms with Crippen molar-refractivity contribution in [2.45, 2.75) is 0 Å². The van der Waals surface area contributed by atoms with E-state index in [1.54, 1.807) is 18.2 Å². The number of aromatic hydroxyl groups is 2. The van der Waals surface area contributed by atoms with E-state index in [2.05, 4.69) is 4.98 Å². The van der Waals surface area contributed by atoms with Gasteiger partial charge in [-0.05, 0) is 35.7 Å². The number of hydrogen-bond acceptors (Lipinski definition) is 3. The van der Waals surface area contributed by atoms with E-state index < -0.39 is 0 Å². The van der Waals surface area contributed by atoms with E-state index in [1.807, 2.05) is 0 Å². The molecule has 0 aliphatic rings. The van der Waals surface area contributed by atoms with Crippen molar-refractivity contribution in [1.29, 1.82) is 0 Å². The van der Waals surface area contributed by atoms with E-state index in [0.29, 0.717) is 10.9 Å². The number of nitrogens with one attached hydrogen (secondary N) is 1. The van der Waals surface area contributed by atoms with E-state index in [4.69, 9.17) is 0 Å². The SMILES string of the molecule is O=c1[nH]c2cc(O)ccc2c2ccc(O)cc12. The van der Waals surface area contributed by atoms with Crippen molar-refractivity contribution in [2.75, 3.05) is 0 Å². The summed E-state index contributed by atoms with van der Waals surface area (Å²) in [7, 11) is 0. The molecule has 0 fully saturated rings. The zero-order valence-corrected chi connectivity index (χ0v) is 8.77. The Labute approximate surface area is 95.8 Å². The van der Waals surface area contributed by atoms with Crippen molar-refractivity contribution in [3.63, 3.8) is 0 Å². The number of rotatable bonds is 0.